The van der Waals surface area contributed by atoms with Gasteiger partial charge in [0.15, 0.2) is 0 Å². The molecule has 17 heavy (non-hydrogen) atoms. The minimum Gasteiger partial charge on any atom is -0.388 e. The summed E-state index contributed by atoms with van der Waals surface area (Å²) in [6, 6.07) is 7.74. The highest BCUT2D eigenvalue weighted by atomic mass is 14.9. The van der Waals surface area contributed by atoms with Gasteiger partial charge in [0.05, 0.1) is 11.6 Å². The van der Waals surface area contributed by atoms with Gasteiger partial charge in [0, 0.05) is 24.0 Å². The number of hydrogen-bond donors (Lipinski definition) is 2. The van der Waals surface area contributed by atoms with Gasteiger partial charge in [-0.1, -0.05) is 6.07 Å². The SMILES string of the molecule is Cc1cc(C#N)ccc1/C(C=N)=C1\CCCN1. The Labute approximate surface area is 101 Å². The Bertz CT molecular complexity index is 513. The number of allylic oxidation sites excluding steroid dienone is 2. The fourth-order valence-corrected chi connectivity index (χ4v) is 2.19. The molecule has 0 bridgehead atoms. The molecular weight excluding hydrogens is 210 g/mol. The molecule has 1 aliphatic heterocycles. The van der Waals surface area contributed by atoms with Crippen molar-refractivity contribution in [1.29, 1.82) is 10.7 Å². The Balaban J connectivity index is 2.49. The van der Waals surface area contributed by atoms with E-state index in [9.17, 15) is 0 Å². The molecule has 0 aliphatic carbocycles. The molecule has 0 amide bonds. The normalized spacial score (nSPS) is 17.2. The largest absolute Gasteiger partial charge is 0.388 e. The maximum absolute atomic E-state index is 8.84. The molecular formula is C14H15N3. The summed E-state index contributed by atoms with van der Waals surface area (Å²) in [5, 5.41) is 19.7. The summed E-state index contributed by atoms with van der Waals surface area (Å²) in [7, 11) is 0. The predicted octanol–water partition coefficient (Wildman–Crippen LogP) is 2.61. The molecule has 0 radical (unpaired) electrons. The van der Waals surface area contributed by atoms with Crippen LogP contribution >= 0.6 is 0 Å². The fourth-order valence-electron chi connectivity index (χ4n) is 2.19. The van der Waals surface area contributed by atoms with Crippen LogP contribution in [0, 0.1) is 23.7 Å². The first-order valence-corrected chi connectivity index (χ1v) is 5.75. The minimum absolute atomic E-state index is 0.667. The van der Waals surface area contributed by atoms with Crippen molar-refractivity contribution in [2.24, 2.45) is 0 Å². The van der Waals surface area contributed by atoms with E-state index in [0.717, 1.165) is 41.8 Å². The second-order valence-electron chi connectivity index (χ2n) is 4.21. The van der Waals surface area contributed by atoms with Crippen LogP contribution in [0.25, 0.3) is 5.57 Å². The standard InChI is InChI=1S/C14H15N3/c1-10-7-11(8-15)4-5-12(10)13(9-16)14-3-2-6-17-14/h4-5,7,9,16-17H,2-3,6H2,1H3/b14-13+,16-9?. The molecule has 0 atom stereocenters. The third-order valence-corrected chi connectivity index (χ3v) is 3.06. The topological polar surface area (TPSA) is 59.7 Å². The van der Waals surface area contributed by atoms with Crippen LogP contribution in [0.5, 0.6) is 0 Å². The van der Waals surface area contributed by atoms with Gasteiger partial charge in [-0.05, 0) is 43.0 Å². The van der Waals surface area contributed by atoms with Crippen molar-refractivity contribution >= 4 is 11.8 Å². The fraction of sp³-hybridized carbons (Fsp3) is 0.286. The molecule has 0 unspecified atom stereocenters. The molecule has 86 valence electrons. The Morgan fingerprint density at radius 2 is 2.35 bits per heavy atom. The predicted molar refractivity (Wildman–Crippen MR) is 68.8 cm³/mol. The molecule has 0 saturated carbocycles. The van der Waals surface area contributed by atoms with Crippen LogP contribution in [-0.4, -0.2) is 12.8 Å². The number of benzene rings is 1. The Hall–Kier alpha value is -2.08. The second kappa shape index (κ2) is 4.84. The van der Waals surface area contributed by atoms with Gasteiger partial charge in [0.1, 0.15) is 0 Å². The highest BCUT2D eigenvalue weighted by Crippen LogP contribution is 2.24. The van der Waals surface area contributed by atoms with Gasteiger partial charge in [-0.3, -0.25) is 0 Å². The molecule has 2 N–H and O–H groups in total. The third kappa shape index (κ3) is 2.21. The van der Waals surface area contributed by atoms with Gasteiger partial charge >= 0.3 is 0 Å². The van der Waals surface area contributed by atoms with Crippen LogP contribution < -0.4 is 5.32 Å². The molecule has 1 heterocycles. The summed E-state index contributed by atoms with van der Waals surface area (Å²) >= 11 is 0. The molecule has 1 aromatic carbocycles. The van der Waals surface area contributed by atoms with Gasteiger partial charge < -0.3 is 10.7 Å². The van der Waals surface area contributed by atoms with E-state index < -0.39 is 0 Å². The van der Waals surface area contributed by atoms with E-state index in [1.54, 1.807) is 6.07 Å². The van der Waals surface area contributed by atoms with Crippen molar-refractivity contribution < 1.29 is 0 Å². The maximum atomic E-state index is 8.84. The van der Waals surface area contributed by atoms with Gasteiger partial charge in [-0.25, -0.2) is 0 Å². The van der Waals surface area contributed by atoms with E-state index in [4.69, 9.17) is 10.7 Å². The van der Waals surface area contributed by atoms with E-state index in [0.29, 0.717) is 5.56 Å². The lowest BCUT2D eigenvalue weighted by atomic mass is 9.97. The smallest absolute Gasteiger partial charge is 0.0991 e. The average molecular weight is 225 g/mol. The summed E-state index contributed by atoms with van der Waals surface area (Å²) in [6.45, 7) is 2.97. The summed E-state index contributed by atoms with van der Waals surface area (Å²) in [5.41, 5.74) is 4.85. The maximum Gasteiger partial charge on any atom is 0.0991 e. The highest BCUT2D eigenvalue weighted by molar-refractivity contribution is 6.10. The van der Waals surface area contributed by atoms with Crippen molar-refractivity contribution in [1.82, 2.24) is 5.32 Å². The monoisotopic (exact) mass is 225 g/mol. The van der Waals surface area contributed by atoms with E-state index in [1.165, 1.54) is 6.21 Å². The molecule has 3 heteroatoms. The summed E-state index contributed by atoms with van der Waals surface area (Å²) in [6.07, 6.45) is 3.54. The number of hydrogen-bond acceptors (Lipinski definition) is 3. The van der Waals surface area contributed by atoms with E-state index in [1.807, 2.05) is 19.1 Å². The zero-order valence-electron chi connectivity index (χ0n) is 9.88. The zero-order valence-corrected chi connectivity index (χ0v) is 9.88. The Morgan fingerprint density at radius 3 is 2.88 bits per heavy atom. The first-order valence-electron chi connectivity index (χ1n) is 5.75. The summed E-state index contributed by atoms with van der Waals surface area (Å²) in [4.78, 5) is 0. The van der Waals surface area contributed by atoms with Crippen molar-refractivity contribution in [2.75, 3.05) is 6.54 Å². The summed E-state index contributed by atoms with van der Waals surface area (Å²) < 4.78 is 0. The third-order valence-electron chi connectivity index (χ3n) is 3.06. The summed E-state index contributed by atoms with van der Waals surface area (Å²) in [5.74, 6) is 0. The molecule has 0 spiro atoms. The zero-order chi connectivity index (χ0) is 12.3. The minimum atomic E-state index is 0.667. The number of rotatable bonds is 2. The van der Waals surface area contributed by atoms with Crippen LogP contribution in [-0.2, 0) is 0 Å². The molecule has 3 nitrogen and oxygen atoms in total. The van der Waals surface area contributed by atoms with E-state index in [2.05, 4.69) is 11.4 Å². The van der Waals surface area contributed by atoms with Crippen LogP contribution in [0.4, 0.5) is 0 Å². The lowest BCUT2D eigenvalue weighted by Gasteiger charge is -2.10. The quantitative estimate of drug-likeness (QED) is 0.760. The molecule has 1 aromatic rings. The molecule has 2 rings (SSSR count). The van der Waals surface area contributed by atoms with Gasteiger partial charge in [-0.15, -0.1) is 0 Å². The lowest BCUT2D eigenvalue weighted by molar-refractivity contribution is 0.904. The number of nitrogens with one attached hydrogen (secondary N) is 2. The second-order valence-corrected chi connectivity index (χ2v) is 4.21. The number of nitrogens with zero attached hydrogens (tertiary/aromatic N) is 1. The number of nitriles is 1. The average Bonchev–Trinajstić information content (AvgIpc) is 2.85. The van der Waals surface area contributed by atoms with Gasteiger partial charge in [-0.2, -0.15) is 5.26 Å². The van der Waals surface area contributed by atoms with Crippen molar-refractivity contribution in [3.8, 4) is 6.07 Å². The van der Waals surface area contributed by atoms with Crippen LogP contribution in [0.2, 0.25) is 0 Å². The first-order chi connectivity index (χ1) is 8.26. The highest BCUT2D eigenvalue weighted by Gasteiger charge is 2.13. The Morgan fingerprint density at radius 1 is 1.53 bits per heavy atom. The van der Waals surface area contributed by atoms with Crippen molar-refractivity contribution in [2.45, 2.75) is 19.8 Å². The Kier molecular flexibility index (Phi) is 3.24. The molecule has 0 aromatic heterocycles. The van der Waals surface area contributed by atoms with Crippen molar-refractivity contribution in [3.05, 3.63) is 40.6 Å². The van der Waals surface area contributed by atoms with Gasteiger partial charge in [0.25, 0.3) is 0 Å². The van der Waals surface area contributed by atoms with Crippen LogP contribution in [0.3, 0.4) is 0 Å². The molecule has 1 aliphatic rings. The van der Waals surface area contributed by atoms with Crippen molar-refractivity contribution in [3.63, 3.8) is 0 Å². The van der Waals surface area contributed by atoms with E-state index >= 15 is 0 Å². The van der Waals surface area contributed by atoms with E-state index in [-0.39, 0.29) is 0 Å². The molecule has 1 saturated heterocycles. The van der Waals surface area contributed by atoms with Crippen LogP contribution in [0.15, 0.2) is 23.9 Å². The van der Waals surface area contributed by atoms with Crippen LogP contribution in [0.1, 0.15) is 29.5 Å². The lowest BCUT2D eigenvalue weighted by Crippen LogP contribution is -2.07. The first kappa shape index (κ1) is 11.4. The number of aryl methyl sites for hydroxylation is 1. The molecule has 1 fully saturated rings. The van der Waals surface area contributed by atoms with Gasteiger partial charge in [0.2, 0.25) is 0 Å².